The van der Waals surface area contributed by atoms with Crippen LogP contribution in [-0.4, -0.2) is 38.1 Å². The first-order valence-corrected chi connectivity index (χ1v) is 8.97. The van der Waals surface area contributed by atoms with E-state index in [0.717, 1.165) is 31.2 Å². The highest BCUT2D eigenvalue weighted by Gasteiger charge is 2.25. The van der Waals surface area contributed by atoms with Crippen molar-refractivity contribution in [2.45, 2.75) is 44.2 Å². The lowest BCUT2D eigenvalue weighted by molar-refractivity contribution is -0.199. The molecular formula is C17H21Cl2NO4. The van der Waals surface area contributed by atoms with E-state index in [-0.39, 0.29) is 31.0 Å². The van der Waals surface area contributed by atoms with Crippen molar-refractivity contribution in [2.75, 3.05) is 19.8 Å². The van der Waals surface area contributed by atoms with Crippen molar-refractivity contribution >= 4 is 29.1 Å². The number of carbonyl (C=O) groups is 1. The minimum Gasteiger partial charge on any atom is -0.366 e. The predicted octanol–water partition coefficient (Wildman–Crippen LogP) is 3.48. The normalized spacial score (nSPS) is 27.8. The van der Waals surface area contributed by atoms with Gasteiger partial charge in [-0.25, -0.2) is 0 Å². The molecule has 0 spiro atoms. The summed E-state index contributed by atoms with van der Waals surface area (Å²) in [7, 11) is 0. The van der Waals surface area contributed by atoms with Gasteiger partial charge in [-0.1, -0.05) is 29.3 Å². The Morgan fingerprint density at radius 2 is 2.12 bits per heavy atom. The lowest BCUT2D eigenvalue weighted by Crippen LogP contribution is -2.43. The summed E-state index contributed by atoms with van der Waals surface area (Å²) in [4.78, 5) is 11.0. The molecule has 132 valence electrons. The molecule has 2 fully saturated rings. The highest BCUT2D eigenvalue weighted by molar-refractivity contribution is 6.42. The van der Waals surface area contributed by atoms with Gasteiger partial charge in [-0.15, -0.1) is 0 Å². The molecule has 3 atom stereocenters. The van der Waals surface area contributed by atoms with Gasteiger partial charge in [0.15, 0.2) is 6.29 Å². The van der Waals surface area contributed by atoms with Gasteiger partial charge < -0.3 is 19.5 Å². The largest absolute Gasteiger partial charge is 0.366 e. The number of benzene rings is 1. The van der Waals surface area contributed by atoms with Crippen LogP contribution in [0.25, 0.3) is 0 Å². The van der Waals surface area contributed by atoms with Crippen LogP contribution >= 0.6 is 23.2 Å². The highest BCUT2D eigenvalue weighted by Crippen LogP contribution is 2.34. The van der Waals surface area contributed by atoms with Gasteiger partial charge >= 0.3 is 0 Å². The molecule has 1 amide bonds. The van der Waals surface area contributed by atoms with Gasteiger partial charge in [-0.2, -0.15) is 0 Å². The van der Waals surface area contributed by atoms with Crippen molar-refractivity contribution in [1.82, 2.24) is 5.32 Å². The molecule has 1 aromatic rings. The van der Waals surface area contributed by atoms with E-state index in [0.29, 0.717) is 23.2 Å². The van der Waals surface area contributed by atoms with Gasteiger partial charge in [0, 0.05) is 6.54 Å². The molecule has 24 heavy (non-hydrogen) atoms. The van der Waals surface area contributed by atoms with Crippen LogP contribution in [0.1, 0.15) is 37.4 Å². The minimum atomic E-state index is -0.226. The molecule has 0 aliphatic carbocycles. The lowest BCUT2D eigenvalue weighted by atomic mass is 10.0. The summed E-state index contributed by atoms with van der Waals surface area (Å²) < 4.78 is 17.3. The maximum Gasteiger partial charge on any atom is 0.246 e. The second-order valence-electron chi connectivity index (χ2n) is 6.06. The molecule has 5 nitrogen and oxygen atoms in total. The zero-order valence-corrected chi connectivity index (χ0v) is 14.8. The number of morpholine rings is 1. The quantitative estimate of drug-likeness (QED) is 0.858. The Bertz CT molecular complexity index is 574. The minimum absolute atomic E-state index is 0.0113. The third kappa shape index (κ3) is 4.83. The zero-order valence-electron chi connectivity index (χ0n) is 13.3. The molecule has 2 aliphatic rings. The molecule has 7 heteroatoms. The first kappa shape index (κ1) is 18.0. The first-order chi connectivity index (χ1) is 11.6. The van der Waals surface area contributed by atoms with Gasteiger partial charge in [-0.05, 0) is 43.4 Å². The molecule has 0 radical (unpaired) electrons. The number of nitrogens with one attached hydrogen (secondary N) is 1. The van der Waals surface area contributed by atoms with Crippen LogP contribution in [0, 0.1) is 0 Å². The molecule has 3 unspecified atom stereocenters. The van der Waals surface area contributed by atoms with Crippen LogP contribution in [-0.2, 0) is 19.0 Å². The molecule has 2 saturated heterocycles. The van der Waals surface area contributed by atoms with E-state index in [4.69, 9.17) is 37.4 Å². The van der Waals surface area contributed by atoms with E-state index in [1.54, 1.807) is 6.07 Å². The molecule has 0 aromatic heterocycles. The molecule has 1 aromatic carbocycles. The molecule has 0 bridgehead atoms. The van der Waals surface area contributed by atoms with Crippen LogP contribution in [0.3, 0.4) is 0 Å². The number of hydrogen-bond donors (Lipinski definition) is 1. The van der Waals surface area contributed by atoms with Crippen molar-refractivity contribution in [3.05, 3.63) is 33.8 Å². The highest BCUT2D eigenvalue weighted by atomic mass is 35.5. The van der Waals surface area contributed by atoms with E-state index in [9.17, 15) is 4.79 Å². The maximum atomic E-state index is 11.0. The summed E-state index contributed by atoms with van der Waals surface area (Å²) in [5.41, 5.74) is 1.02. The topological polar surface area (TPSA) is 56.8 Å². The summed E-state index contributed by atoms with van der Waals surface area (Å²) >= 11 is 12.1. The number of amides is 1. The standard InChI is InChI=1S/C17H21Cl2NO4/c18-13-5-4-11(8-14(13)19)15-2-1-3-17(24-15)22-7-6-12-9-20-16(21)10-23-12/h4-5,8,12,15,17H,1-3,6-7,9-10H2,(H,20,21). The van der Waals surface area contributed by atoms with E-state index < -0.39 is 0 Å². The lowest BCUT2D eigenvalue weighted by Gasteiger charge is -2.31. The fraction of sp³-hybridized carbons (Fsp3) is 0.588. The number of hydrogen-bond acceptors (Lipinski definition) is 4. The van der Waals surface area contributed by atoms with Crippen molar-refractivity contribution in [1.29, 1.82) is 0 Å². The van der Waals surface area contributed by atoms with Crippen LogP contribution in [0.5, 0.6) is 0 Å². The average molecular weight is 374 g/mol. The second kappa shape index (κ2) is 8.50. The van der Waals surface area contributed by atoms with Crippen LogP contribution in [0.15, 0.2) is 18.2 Å². The number of halogens is 2. The third-order valence-electron chi connectivity index (χ3n) is 4.26. The average Bonchev–Trinajstić information content (AvgIpc) is 2.59. The molecule has 1 N–H and O–H groups in total. The van der Waals surface area contributed by atoms with E-state index in [1.807, 2.05) is 12.1 Å². The Morgan fingerprint density at radius 3 is 2.88 bits per heavy atom. The third-order valence-corrected chi connectivity index (χ3v) is 5.00. The number of rotatable bonds is 5. The molecule has 2 heterocycles. The second-order valence-corrected chi connectivity index (χ2v) is 6.87. The Balaban J connectivity index is 1.45. The molecule has 3 rings (SSSR count). The van der Waals surface area contributed by atoms with Crippen LogP contribution in [0.2, 0.25) is 10.0 Å². The Morgan fingerprint density at radius 1 is 1.25 bits per heavy atom. The number of ether oxygens (including phenoxy) is 3. The van der Waals surface area contributed by atoms with Crippen molar-refractivity contribution in [3.8, 4) is 0 Å². The fourth-order valence-corrected chi connectivity index (χ4v) is 3.22. The monoisotopic (exact) mass is 373 g/mol. The summed E-state index contributed by atoms with van der Waals surface area (Å²) in [5.74, 6) is -0.0627. The Kier molecular flexibility index (Phi) is 6.36. The van der Waals surface area contributed by atoms with Crippen molar-refractivity contribution in [3.63, 3.8) is 0 Å². The SMILES string of the molecule is O=C1COC(CCOC2CCCC(c3ccc(Cl)c(Cl)c3)O2)CN1. The summed E-state index contributed by atoms with van der Waals surface area (Å²) in [6.45, 7) is 1.21. The summed E-state index contributed by atoms with van der Waals surface area (Å²) in [6, 6.07) is 5.59. The maximum absolute atomic E-state index is 11.0. The van der Waals surface area contributed by atoms with Crippen molar-refractivity contribution < 1.29 is 19.0 Å². The Labute approximate surface area is 151 Å². The first-order valence-electron chi connectivity index (χ1n) is 8.22. The van der Waals surface area contributed by atoms with Gasteiger partial charge in [0.05, 0.1) is 28.9 Å². The number of carbonyl (C=O) groups excluding carboxylic acids is 1. The van der Waals surface area contributed by atoms with Gasteiger partial charge in [-0.3, -0.25) is 4.79 Å². The molecule has 0 saturated carbocycles. The van der Waals surface area contributed by atoms with E-state index >= 15 is 0 Å². The van der Waals surface area contributed by atoms with E-state index in [2.05, 4.69) is 5.32 Å². The van der Waals surface area contributed by atoms with Crippen molar-refractivity contribution in [2.24, 2.45) is 0 Å². The van der Waals surface area contributed by atoms with E-state index in [1.165, 1.54) is 0 Å². The summed E-state index contributed by atoms with van der Waals surface area (Å²) in [6.07, 6.45) is 3.34. The summed E-state index contributed by atoms with van der Waals surface area (Å²) in [5, 5.41) is 3.87. The fourth-order valence-electron chi connectivity index (χ4n) is 2.92. The van der Waals surface area contributed by atoms with Gasteiger partial charge in [0.25, 0.3) is 0 Å². The van der Waals surface area contributed by atoms with Gasteiger partial charge in [0.2, 0.25) is 5.91 Å². The van der Waals surface area contributed by atoms with Crippen LogP contribution < -0.4 is 5.32 Å². The molecular weight excluding hydrogens is 353 g/mol. The van der Waals surface area contributed by atoms with Crippen LogP contribution in [0.4, 0.5) is 0 Å². The predicted molar refractivity (Wildman–Crippen MR) is 91.2 cm³/mol. The molecule has 2 aliphatic heterocycles. The Hall–Kier alpha value is -0.850. The smallest absolute Gasteiger partial charge is 0.246 e. The van der Waals surface area contributed by atoms with Gasteiger partial charge in [0.1, 0.15) is 6.61 Å². The zero-order chi connectivity index (χ0) is 16.9.